The van der Waals surface area contributed by atoms with Crippen molar-refractivity contribution in [2.45, 2.75) is 13.8 Å². The zero-order chi connectivity index (χ0) is 93.0. The molecule has 26 rings (SSSR count). The molecule has 632 valence electrons. The van der Waals surface area contributed by atoms with Crippen LogP contribution in [-0.4, -0.2) is 18.3 Å². The molecule has 0 bridgehead atoms. The third-order valence-corrected chi connectivity index (χ3v) is 28.1. The van der Waals surface area contributed by atoms with Gasteiger partial charge in [-0.1, -0.05) is 194 Å². The van der Waals surface area contributed by atoms with Crippen LogP contribution in [0.25, 0.3) is 260 Å². The third-order valence-electron chi connectivity index (χ3n) is 28.1. The summed E-state index contributed by atoms with van der Waals surface area (Å²) in [5.41, 5.74) is 27.1. The summed E-state index contributed by atoms with van der Waals surface area (Å²) in [6.07, 6.45) is 0. The molecular formula is C126H68N12. The molecule has 22 aromatic carbocycles. The average molecular weight is 1750 g/mol. The highest BCUT2D eigenvalue weighted by molar-refractivity contribution is 6.29. The number of benzene rings is 22. The quantitative estimate of drug-likeness (QED) is 0.111. The van der Waals surface area contributed by atoms with Crippen LogP contribution in [0.4, 0.5) is 22.7 Å². The molecule has 0 aliphatic rings. The molecule has 0 aliphatic carbocycles. The van der Waals surface area contributed by atoms with Crippen LogP contribution in [0.1, 0.15) is 33.4 Å². The normalized spacial score (nSPS) is 11.5. The van der Waals surface area contributed by atoms with Gasteiger partial charge in [-0.25, -0.2) is 19.4 Å². The molecule has 0 fully saturated rings. The van der Waals surface area contributed by atoms with E-state index in [4.69, 9.17) is 26.3 Å². The first-order valence-corrected chi connectivity index (χ1v) is 45.3. The third kappa shape index (κ3) is 12.4. The standard InChI is InChI=1S/C64H36N6.C62H32N6/c1-37-13-17-41-9-5-7-11-47(41)61(37)63-49-23-21-46(70-58-26-16-40(36-66)30-52(58)54-32-44(68-4)20-28-60(54)70)34-56(49)64(62-38(2)14-18-42-10-6-8-12-48(42)62)50-24-22-45(33-55(50)63)69-57-25-15-39(35-65)29-51(57)53-31-43(67-3)19-27-59(53)69;1-65-45-17-25-59-53(31-45)51-27-37(35-63)11-23-57(51)67(59)47-19-21-49-55(33-47)61(43-15-13-39-7-3-5-9-41(39)29-43)50-22-20-48(34-56(50)62(49)44-16-14-40-8-4-6-10-42(40)30-44)68-58-24-12-38(36-64)28-52(58)54-32-46(66-2)18-26-60(54)68/h5-34H,1-2H3;3-34H. The smallest absolute Gasteiger partial charge is 0.188 e. The fraction of sp³-hybridized carbons (Fsp3) is 0.0159. The van der Waals surface area contributed by atoms with Gasteiger partial charge in [0, 0.05) is 44.3 Å². The zero-order valence-electron chi connectivity index (χ0n) is 74.2. The van der Waals surface area contributed by atoms with Crippen LogP contribution in [0.3, 0.4) is 0 Å². The second-order valence-corrected chi connectivity index (χ2v) is 35.5. The van der Waals surface area contributed by atoms with E-state index >= 15 is 0 Å². The molecule has 4 heterocycles. The van der Waals surface area contributed by atoms with Crippen molar-refractivity contribution in [3.63, 3.8) is 0 Å². The van der Waals surface area contributed by atoms with Gasteiger partial charge < -0.3 is 18.3 Å². The Morgan fingerprint density at radius 2 is 0.435 bits per heavy atom. The molecule has 12 nitrogen and oxygen atoms in total. The van der Waals surface area contributed by atoms with Crippen LogP contribution < -0.4 is 0 Å². The monoisotopic (exact) mass is 1750 g/mol. The van der Waals surface area contributed by atoms with Crippen LogP contribution in [-0.2, 0) is 0 Å². The maximum absolute atomic E-state index is 10.0. The lowest BCUT2D eigenvalue weighted by Crippen LogP contribution is -2.00. The summed E-state index contributed by atoms with van der Waals surface area (Å²) >= 11 is 0. The Labute approximate surface area is 790 Å². The van der Waals surface area contributed by atoms with Crippen LogP contribution in [0.2, 0.25) is 0 Å². The summed E-state index contributed by atoms with van der Waals surface area (Å²) in [6.45, 7) is 35.8. The van der Waals surface area contributed by atoms with Gasteiger partial charge in [-0.2, -0.15) is 21.0 Å². The second-order valence-electron chi connectivity index (χ2n) is 35.5. The molecule has 4 aromatic heterocycles. The number of rotatable bonds is 8. The van der Waals surface area contributed by atoms with E-state index in [9.17, 15) is 21.0 Å². The van der Waals surface area contributed by atoms with Gasteiger partial charge in [0.2, 0.25) is 0 Å². The van der Waals surface area contributed by atoms with E-state index in [0.29, 0.717) is 45.0 Å². The van der Waals surface area contributed by atoms with Gasteiger partial charge in [0.15, 0.2) is 22.7 Å². The molecule has 0 spiro atoms. The first-order chi connectivity index (χ1) is 67.8. The minimum Gasteiger partial charge on any atom is -0.309 e. The topological polar surface area (TPSA) is 132 Å². The Kier molecular flexibility index (Phi) is 18.2. The van der Waals surface area contributed by atoms with E-state index in [2.05, 4.69) is 306 Å². The zero-order valence-corrected chi connectivity index (χ0v) is 74.2. The molecule has 0 amide bonds. The van der Waals surface area contributed by atoms with E-state index in [1.807, 2.05) is 146 Å². The Hall–Kier alpha value is -20.0. The molecule has 0 unspecified atom stereocenters. The summed E-state index contributed by atoms with van der Waals surface area (Å²) in [7, 11) is 0. The molecule has 0 saturated heterocycles. The van der Waals surface area contributed by atoms with Gasteiger partial charge in [0.25, 0.3) is 0 Å². The molecule has 26 aromatic rings. The Bertz CT molecular complexity index is 9530. The molecule has 0 N–H and O–H groups in total. The number of fused-ring (bicyclic) bond motifs is 20. The number of hydrogen-bond acceptors (Lipinski definition) is 4. The largest absolute Gasteiger partial charge is 0.309 e. The molecule has 0 radical (unpaired) electrons. The lowest BCUT2D eigenvalue weighted by atomic mass is 9.81. The van der Waals surface area contributed by atoms with Crippen molar-refractivity contribution in [3.8, 4) is 91.5 Å². The van der Waals surface area contributed by atoms with Gasteiger partial charge in [-0.15, -0.1) is 0 Å². The Balaban J connectivity index is 0.000000146. The minimum atomic E-state index is 0.544. The molecule has 0 atom stereocenters. The van der Waals surface area contributed by atoms with Gasteiger partial charge in [-0.3, -0.25) is 0 Å². The fourth-order valence-electron chi connectivity index (χ4n) is 22.0. The predicted molar refractivity (Wildman–Crippen MR) is 565 cm³/mol. The maximum atomic E-state index is 10.0. The number of aryl methyl sites for hydroxylation is 2. The SMILES string of the molecule is [C-]#[N+]c1ccc2c(c1)c1cc(C#N)ccc1n2-c1ccc2c(-c3c(C)ccc4ccccc34)c3cc(-n4c5ccc(C#N)cc5c5cc([N+]#[C-])ccc54)ccc3c(-c3c(C)ccc4ccccc34)c2c1.[C-]#[N+]c1ccc2c(c1)c1cc(C#N)ccc1n2-c1ccc2c(-c3ccc4ccccc4c3)c3cc(-n4c5ccc(C#N)cc5c5cc([N+]#[C-])ccc54)ccc3c(-c3ccc4ccccc4c3)c2c1. The fourth-order valence-corrected chi connectivity index (χ4v) is 22.0. The van der Waals surface area contributed by atoms with E-state index in [0.717, 1.165) is 252 Å². The summed E-state index contributed by atoms with van der Waals surface area (Å²) in [5.74, 6) is 0. The van der Waals surface area contributed by atoms with Crippen molar-refractivity contribution in [3.05, 3.63) is 455 Å². The molecule has 0 aliphatic heterocycles. The summed E-state index contributed by atoms with van der Waals surface area (Å²) in [4.78, 5) is 15.1. The highest BCUT2D eigenvalue weighted by Crippen LogP contribution is 2.54. The number of hydrogen-bond donors (Lipinski definition) is 0. The van der Waals surface area contributed by atoms with Crippen molar-refractivity contribution >= 4 is 196 Å². The van der Waals surface area contributed by atoms with Gasteiger partial charge in [-0.05, 0) is 359 Å². The second kappa shape index (κ2) is 31.4. The van der Waals surface area contributed by atoms with E-state index < -0.39 is 0 Å². The number of aromatic nitrogens is 4. The highest BCUT2D eigenvalue weighted by atomic mass is 15.0. The Morgan fingerprint density at radius 3 is 0.725 bits per heavy atom. The minimum absolute atomic E-state index is 0.544. The van der Waals surface area contributed by atoms with E-state index in [-0.39, 0.29) is 0 Å². The number of nitriles is 4. The van der Waals surface area contributed by atoms with Crippen molar-refractivity contribution in [2.24, 2.45) is 0 Å². The van der Waals surface area contributed by atoms with E-state index in [1.54, 1.807) is 0 Å². The average Bonchev–Trinajstić information content (AvgIpc) is 1.00. The molecule has 138 heavy (non-hydrogen) atoms. The first-order valence-electron chi connectivity index (χ1n) is 45.3. The summed E-state index contributed by atoms with van der Waals surface area (Å²) in [5, 5.41) is 65.2. The highest BCUT2D eigenvalue weighted by Gasteiger charge is 2.29. The molecule has 12 heteroatoms. The van der Waals surface area contributed by atoms with Crippen LogP contribution in [0.15, 0.2) is 376 Å². The first kappa shape index (κ1) is 80.1. The predicted octanol–water partition coefficient (Wildman–Crippen LogP) is 34.0. The lowest BCUT2D eigenvalue weighted by molar-refractivity contribution is 1.18. The van der Waals surface area contributed by atoms with Crippen LogP contribution in [0.5, 0.6) is 0 Å². The lowest BCUT2D eigenvalue weighted by Gasteiger charge is -2.23. The van der Waals surface area contributed by atoms with Gasteiger partial charge >= 0.3 is 0 Å². The van der Waals surface area contributed by atoms with Crippen molar-refractivity contribution in [1.82, 2.24) is 18.3 Å². The molecular weight excluding hydrogens is 1680 g/mol. The van der Waals surface area contributed by atoms with Crippen molar-refractivity contribution in [1.29, 1.82) is 21.0 Å². The van der Waals surface area contributed by atoms with Gasteiger partial charge in [0.1, 0.15) is 0 Å². The maximum Gasteiger partial charge on any atom is 0.188 e. The van der Waals surface area contributed by atoms with E-state index in [1.165, 1.54) is 0 Å². The van der Waals surface area contributed by atoms with Crippen molar-refractivity contribution < 1.29 is 0 Å². The van der Waals surface area contributed by atoms with Crippen LogP contribution in [0, 0.1) is 85.5 Å². The Morgan fingerprint density at radius 1 is 0.188 bits per heavy atom. The number of nitrogens with zero attached hydrogens (tertiary/aromatic N) is 12. The molecule has 0 saturated carbocycles. The van der Waals surface area contributed by atoms with Gasteiger partial charge in [0.05, 0.1) is 117 Å². The van der Waals surface area contributed by atoms with Crippen LogP contribution >= 0.6 is 0 Å². The summed E-state index contributed by atoms with van der Waals surface area (Å²) < 4.78 is 9.06. The van der Waals surface area contributed by atoms with Crippen molar-refractivity contribution in [2.75, 3.05) is 0 Å². The summed E-state index contributed by atoms with van der Waals surface area (Å²) in [6, 6.07) is 140.